The molecule has 0 spiro atoms. The fraction of sp³-hybridized carbons (Fsp3) is 0.625. The van der Waals surface area contributed by atoms with Crippen LogP contribution in [0.25, 0.3) is 0 Å². The number of rotatable bonds is 4. The Morgan fingerprint density at radius 3 is 2.73 bits per heavy atom. The summed E-state index contributed by atoms with van der Waals surface area (Å²) in [5, 5.41) is 10.5. The fourth-order valence-corrected chi connectivity index (χ4v) is 2.93. The molecule has 0 aliphatic carbocycles. The molecule has 1 aliphatic rings. The van der Waals surface area contributed by atoms with Gasteiger partial charge in [0.05, 0.1) is 24.1 Å². The number of hydrogen-bond donors (Lipinski definition) is 2. The third-order valence-electron chi connectivity index (χ3n) is 4.08. The zero-order valence-corrected chi connectivity index (χ0v) is 13.4. The number of likely N-dealkylation sites (tertiary alicyclic amines) is 1. The molecule has 0 radical (unpaired) electrons. The first-order valence-electron chi connectivity index (χ1n) is 7.62. The van der Waals surface area contributed by atoms with Crippen LogP contribution in [0.5, 0.6) is 0 Å². The van der Waals surface area contributed by atoms with Gasteiger partial charge < -0.3 is 20.2 Å². The normalized spacial score (nSPS) is 22.1. The van der Waals surface area contributed by atoms with Crippen LogP contribution in [-0.4, -0.2) is 40.5 Å². The van der Waals surface area contributed by atoms with Crippen LogP contribution in [0, 0.1) is 6.92 Å². The summed E-state index contributed by atoms with van der Waals surface area (Å²) >= 11 is 0. The Bertz CT molecular complexity index is 579. The molecule has 0 aromatic carbocycles. The van der Waals surface area contributed by atoms with E-state index in [1.54, 1.807) is 17.9 Å². The highest BCUT2D eigenvalue weighted by Crippen LogP contribution is 2.28. The van der Waals surface area contributed by atoms with E-state index in [2.05, 4.69) is 0 Å². The highest BCUT2D eigenvalue weighted by Gasteiger charge is 2.37. The van der Waals surface area contributed by atoms with Crippen LogP contribution in [-0.2, 0) is 4.79 Å². The molecule has 1 saturated heterocycles. The van der Waals surface area contributed by atoms with Crippen LogP contribution in [0.15, 0.2) is 10.5 Å². The maximum absolute atomic E-state index is 12.7. The number of hydrogen-bond acceptors (Lipinski definition) is 4. The summed E-state index contributed by atoms with van der Waals surface area (Å²) in [6.07, 6.45) is 0.989. The summed E-state index contributed by atoms with van der Waals surface area (Å²) in [6.45, 7) is 6.44. The van der Waals surface area contributed by atoms with Crippen LogP contribution in [0.1, 0.15) is 60.9 Å². The maximum Gasteiger partial charge on any atom is 0.257 e. The smallest absolute Gasteiger partial charge is 0.257 e. The van der Waals surface area contributed by atoms with E-state index in [-0.39, 0.29) is 24.8 Å². The molecule has 1 fully saturated rings. The van der Waals surface area contributed by atoms with Gasteiger partial charge in [0.15, 0.2) is 0 Å². The molecular formula is C16H24N2O4. The molecule has 3 N–H and O–H groups in total. The van der Waals surface area contributed by atoms with Gasteiger partial charge in [-0.2, -0.15) is 0 Å². The Morgan fingerprint density at radius 1 is 1.50 bits per heavy atom. The first-order valence-corrected chi connectivity index (χ1v) is 7.62. The van der Waals surface area contributed by atoms with Crippen molar-refractivity contribution < 1.29 is 19.1 Å². The second-order valence-electron chi connectivity index (χ2n) is 6.47. The molecule has 1 aliphatic heterocycles. The lowest BCUT2D eigenvalue weighted by molar-refractivity contribution is -0.125. The predicted octanol–water partition coefficient (Wildman–Crippen LogP) is 1.55. The Kier molecular flexibility index (Phi) is 4.60. The van der Waals surface area contributed by atoms with Gasteiger partial charge in [0, 0.05) is 12.5 Å². The lowest BCUT2D eigenvalue weighted by Gasteiger charge is -2.38. The Morgan fingerprint density at radius 2 is 2.18 bits per heavy atom. The molecule has 2 heterocycles. The summed E-state index contributed by atoms with van der Waals surface area (Å²) in [6, 6.07) is 1.77. The number of aryl methyl sites for hydroxylation is 1. The first kappa shape index (κ1) is 16.5. The molecule has 1 atom stereocenters. The van der Waals surface area contributed by atoms with Crippen molar-refractivity contribution in [2.24, 2.45) is 5.73 Å². The Labute approximate surface area is 130 Å². The number of aliphatic hydroxyl groups is 1. The summed E-state index contributed by atoms with van der Waals surface area (Å²) in [7, 11) is 0. The van der Waals surface area contributed by atoms with E-state index >= 15 is 0 Å². The number of nitrogens with zero attached hydrogens (tertiary/aromatic N) is 1. The van der Waals surface area contributed by atoms with E-state index in [0.717, 1.165) is 5.76 Å². The third-order valence-corrected chi connectivity index (χ3v) is 4.08. The molecule has 22 heavy (non-hydrogen) atoms. The molecule has 0 saturated carbocycles. The third kappa shape index (κ3) is 3.50. The van der Waals surface area contributed by atoms with Crippen LogP contribution in [0.2, 0.25) is 0 Å². The van der Waals surface area contributed by atoms with Crippen LogP contribution in [0.4, 0.5) is 0 Å². The standard InChI is InChI=1S/C16H24N2O4/c1-10(2)13-7-12(11(3)22-13)15(20)18-6-4-5-16(21,9-18)8-14(17)19/h7,10,21H,4-6,8-9H2,1-3H3,(H2,17,19). The number of carbonyl (C=O) groups is 2. The van der Waals surface area contributed by atoms with Crippen molar-refractivity contribution in [3.8, 4) is 0 Å². The van der Waals surface area contributed by atoms with Crippen molar-refractivity contribution in [1.82, 2.24) is 4.90 Å². The molecule has 1 unspecified atom stereocenters. The van der Waals surface area contributed by atoms with E-state index in [0.29, 0.717) is 30.7 Å². The highest BCUT2D eigenvalue weighted by atomic mass is 16.3. The van der Waals surface area contributed by atoms with Crippen LogP contribution < -0.4 is 5.73 Å². The number of furan rings is 1. The lowest BCUT2D eigenvalue weighted by Crippen LogP contribution is -2.51. The van der Waals surface area contributed by atoms with Crippen molar-refractivity contribution in [1.29, 1.82) is 0 Å². The molecule has 6 nitrogen and oxygen atoms in total. The molecule has 2 amide bonds. The van der Waals surface area contributed by atoms with Crippen LogP contribution in [0.3, 0.4) is 0 Å². The van der Waals surface area contributed by atoms with Crippen molar-refractivity contribution in [2.45, 2.75) is 51.6 Å². The summed E-state index contributed by atoms with van der Waals surface area (Å²) in [5.74, 6) is 0.825. The first-order chi connectivity index (χ1) is 10.2. The molecule has 0 bridgehead atoms. The predicted molar refractivity (Wildman–Crippen MR) is 81.4 cm³/mol. The quantitative estimate of drug-likeness (QED) is 0.882. The number of β-amino-alcohol motifs (C(OH)–C–C–N with tert-alkyl or cyclic N) is 1. The average Bonchev–Trinajstić information content (AvgIpc) is 2.78. The average molecular weight is 308 g/mol. The topological polar surface area (TPSA) is 96.8 Å². The molecule has 1 aromatic heterocycles. The lowest BCUT2D eigenvalue weighted by atomic mass is 9.89. The molecule has 122 valence electrons. The number of amides is 2. The zero-order chi connectivity index (χ0) is 16.5. The Balaban J connectivity index is 2.17. The number of primary amides is 1. The Hall–Kier alpha value is -1.82. The van der Waals surface area contributed by atoms with Crippen molar-refractivity contribution in [3.05, 3.63) is 23.2 Å². The molecular weight excluding hydrogens is 284 g/mol. The minimum absolute atomic E-state index is 0.121. The van der Waals surface area contributed by atoms with Gasteiger partial charge in [-0.3, -0.25) is 9.59 Å². The van der Waals surface area contributed by atoms with Gasteiger partial charge in [0.1, 0.15) is 11.5 Å². The SMILES string of the molecule is Cc1oc(C(C)C)cc1C(=O)N1CCCC(O)(CC(N)=O)C1. The van der Waals surface area contributed by atoms with Crippen LogP contribution >= 0.6 is 0 Å². The van der Waals surface area contributed by atoms with Crippen molar-refractivity contribution in [2.75, 3.05) is 13.1 Å². The second kappa shape index (κ2) is 6.12. The summed E-state index contributed by atoms with van der Waals surface area (Å²) in [5.41, 5.74) is 4.48. The monoisotopic (exact) mass is 308 g/mol. The fourth-order valence-electron chi connectivity index (χ4n) is 2.93. The second-order valence-corrected chi connectivity index (χ2v) is 6.47. The minimum atomic E-state index is -1.22. The van der Waals surface area contributed by atoms with E-state index < -0.39 is 11.5 Å². The zero-order valence-electron chi connectivity index (χ0n) is 13.4. The molecule has 1 aromatic rings. The van der Waals surface area contributed by atoms with Crippen molar-refractivity contribution in [3.63, 3.8) is 0 Å². The largest absolute Gasteiger partial charge is 0.465 e. The van der Waals surface area contributed by atoms with E-state index in [1.807, 2.05) is 13.8 Å². The van der Waals surface area contributed by atoms with Gasteiger partial charge in [-0.15, -0.1) is 0 Å². The van der Waals surface area contributed by atoms with Gasteiger partial charge >= 0.3 is 0 Å². The maximum atomic E-state index is 12.7. The van der Waals surface area contributed by atoms with E-state index in [9.17, 15) is 14.7 Å². The van der Waals surface area contributed by atoms with E-state index in [4.69, 9.17) is 10.2 Å². The number of nitrogens with two attached hydrogens (primary N) is 1. The van der Waals surface area contributed by atoms with Gasteiger partial charge in [0.25, 0.3) is 5.91 Å². The molecule has 6 heteroatoms. The van der Waals surface area contributed by atoms with Crippen molar-refractivity contribution >= 4 is 11.8 Å². The van der Waals surface area contributed by atoms with Gasteiger partial charge in [-0.1, -0.05) is 13.8 Å². The summed E-state index contributed by atoms with van der Waals surface area (Å²) in [4.78, 5) is 25.3. The minimum Gasteiger partial charge on any atom is -0.465 e. The van der Waals surface area contributed by atoms with E-state index in [1.165, 1.54) is 0 Å². The number of piperidine rings is 1. The van der Waals surface area contributed by atoms with Gasteiger partial charge in [0.2, 0.25) is 5.91 Å². The summed E-state index contributed by atoms with van der Waals surface area (Å²) < 4.78 is 5.62. The van der Waals surface area contributed by atoms with Gasteiger partial charge in [-0.05, 0) is 25.8 Å². The molecule has 2 rings (SSSR count). The number of carbonyl (C=O) groups excluding carboxylic acids is 2. The van der Waals surface area contributed by atoms with Gasteiger partial charge in [-0.25, -0.2) is 0 Å². The highest BCUT2D eigenvalue weighted by molar-refractivity contribution is 5.95.